The van der Waals surface area contributed by atoms with Crippen LogP contribution in [-0.4, -0.2) is 42.5 Å². The Morgan fingerprint density at radius 3 is 2.16 bits per heavy atom. The highest BCUT2D eigenvalue weighted by Gasteiger charge is 2.29. The topological polar surface area (TPSA) is 96.5 Å². The standard InChI is InChI=1S/C29H28N2O5S/c32-27(25-20-30-26-13-7-6-12-24(25)26)28(21-10-4-3-5-11-21)36-29(33)22-14-16-23(17-15-22)37(34,35)31-18-8-1-2-9-19-31/h3-7,10-17,20,28,30H,1-2,8-9,18-19H2/t28-/m1/s1. The zero-order valence-corrected chi connectivity index (χ0v) is 21.1. The Morgan fingerprint density at radius 2 is 1.46 bits per heavy atom. The predicted molar refractivity (Wildman–Crippen MR) is 141 cm³/mol. The summed E-state index contributed by atoms with van der Waals surface area (Å²) in [5.74, 6) is -1.06. The second-order valence-electron chi connectivity index (χ2n) is 9.15. The zero-order chi connectivity index (χ0) is 25.8. The van der Waals surface area contributed by atoms with Gasteiger partial charge >= 0.3 is 5.97 Å². The molecular formula is C29H28N2O5S. The van der Waals surface area contributed by atoms with E-state index in [9.17, 15) is 18.0 Å². The maximum Gasteiger partial charge on any atom is 0.339 e. The molecule has 5 rings (SSSR count). The van der Waals surface area contributed by atoms with E-state index in [2.05, 4.69) is 4.98 Å². The largest absolute Gasteiger partial charge is 0.445 e. The fourth-order valence-corrected chi connectivity index (χ4v) is 6.20. The number of rotatable bonds is 7. The quantitative estimate of drug-likeness (QED) is 0.258. The lowest BCUT2D eigenvalue weighted by Gasteiger charge is -2.20. The van der Waals surface area contributed by atoms with Crippen molar-refractivity contribution < 1.29 is 22.7 Å². The minimum atomic E-state index is -3.63. The maximum atomic E-state index is 13.6. The number of aromatic amines is 1. The minimum Gasteiger partial charge on any atom is -0.445 e. The molecule has 0 unspecified atom stereocenters. The number of hydrogen-bond donors (Lipinski definition) is 1. The van der Waals surface area contributed by atoms with Gasteiger partial charge in [0, 0.05) is 41.3 Å². The summed E-state index contributed by atoms with van der Waals surface area (Å²) in [5.41, 5.74) is 1.95. The highest BCUT2D eigenvalue weighted by Crippen LogP contribution is 2.28. The number of H-pyrrole nitrogens is 1. The normalized spacial score (nSPS) is 15.7. The number of para-hydroxylation sites is 1. The molecule has 8 heteroatoms. The van der Waals surface area contributed by atoms with Crippen molar-refractivity contribution in [1.82, 2.24) is 9.29 Å². The summed E-state index contributed by atoms with van der Waals surface area (Å²) in [6.07, 6.45) is 4.20. The number of fused-ring (bicyclic) bond motifs is 1. The van der Waals surface area contributed by atoms with Crippen molar-refractivity contribution in [3.8, 4) is 0 Å². The molecule has 0 radical (unpaired) electrons. The van der Waals surface area contributed by atoms with Crippen LogP contribution in [0, 0.1) is 0 Å². The summed E-state index contributed by atoms with van der Waals surface area (Å²) in [6, 6.07) is 22.0. The van der Waals surface area contributed by atoms with Crippen LogP contribution in [0.5, 0.6) is 0 Å². The van der Waals surface area contributed by atoms with Crippen LogP contribution in [0.4, 0.5) is 0 Å². The summed E-state index contributed by atoms with van der Waals surface area (Å²) in [4.78, 5) is 30.0. The smallest absolute Gasteiger partial charge is 0.339 e. The van der Waals surface area contributed by atoms with Crippen molar-refractivity contribution >= 4 is 32.7 Å². The zero-order valence-electron chi connectivity index (χ0n) is 20.3. The number of aromatic nitrogens is 1. The molecule has 0 bridgehead atoms. The number of esters is 1. The molecular weight excluding hydrogens is 488 g/mol. The van der Waals surface area contributed by atoms with Gasteiger partial charge in [0.1, 0.15) is 0 Å². The molecule has 3 aromatic carbocycles. The number of hydrogen-bond acceptors (Lipinski definition) is 5. The molecule has 190 valence electrons. The molecule has 2 heterocycles. The van der Waals surface area contributed by atoms with E-state index in [1.807, 2.05) is 30.3 Å². The Labute approximate surface area is 216 Å². The van der Waals surface area contributed by atoms with Crippen LogP contribution in [0.25, 0.3) is 10.9 Å². The highest BCUT2D eigenvalue weighted by molar-refractivity contribution is 7.89. The van der Waals surface area contributed by atoms with Gasteiger partial charge in [-0.25, -0.2) is 13.2 Å². The summed E-state index contributed by atoms with van der Waals surface area (Å²) in [6.45, 7) is 1.00. The fraction of sp³-hybridized carbons (Fsp3) is 0.241. The third kappa shape index (κ3) is 5.21. The highest BCUT2D eigenvalue weighted by atomic mass is 32.2. The van der Waals surface area contributed by atoms with Crippen LogP contribution in [0.15, 0.2) is 90.0 Å². The van der Waals surface area contributed by atoms with E-state index >= 15 is 0 Å². The number of carbonyl (C=O) groups is 2. The third-order valence-corrected chi connectivity index (χ3v) is 8.63. The van der Waals surface area contributed by atoms with Crippen molar-refractivity contribution in [2.45, 2.75) is 36.7 Å². The van der Waals surface area contributed by atoms with Gasteiger partial charge in [-0.15, -0.1) is 0 Å². The molecule has 1 aromatic heterocycles. The van der Waals surface area contributed by atoms with Crippen LogP contribution in [-0.2, 0) is 14.8 Å². The Kier molecular flexibility index (Phi) is 7.21. The van der Waals surface area contributed by atoms with Crippen LogP contribution in [0.2, 0.25) is 0 Å². The number of ketones is 1. The number of sulfonamides is 1. The molecule has 1 fully saturated rings. The van der Waals surface area contributed by atoms with E-state index in [1.165, 1.54) is 28.6 Å². The Bertz CT molecular complexity index is 1500. The number of Topliss-reactive ketones (excluding diaryl/α,β-unsaturated/α-hetero) is 1. The van der Waals surface area contributed by atoms with Crippen molar-refractivity contribution in [1.29, 1.82) is 0 Å². The van der Waals surface area contributed by atoms with Crippen LogP contribution in [0.3, 0.4) is 0 Å². The van der Waals surface area contributed by atoms with Crippen molar-refractivity contribution in [2.24, 2.45) is 0 Å². The molecule has 1 N–H and O–H groups in total. The molecule has 37 heavy (non-hydrogen) atoms. The molecule has 0 aliphatic carbocycles. The molecule has 0 saturated carbocycles. The molecule has 7 nitrogen and oxygen atoms in total. The second-order valence-corrected chi connectivity index (χ2v) is 11.1. The summed E-state index contributed by atoms with van der Waals surface area (Å²) >= 11 is 0. The first-order valence-electron chi connectivity index (χ1n) is 12.4. The molecule has 1 aliphatic heterocycles. The molecule has 1 aliphatic rings. The van der Waals surface area contributed by atoms with Crippen LogP contribution >= 0.6 is 0 Å². The van der Waals surface area contributed by atoms with E-state index in [0.29, 0.717) is 24.2 Å². The summed E-state index contributed by atoms with van der Waals surface area (Å²) in [7, 11) is -3.63. The summed E-state index contributed by atoms with van der Waals surface area (Å²) < 4.78 is 33.4. The monoisotopic (exact) mass is 516 g/mol. The van der Waals surface area contributed by atoms with Gasteiger partial charge in [-0.2, -0.15) is 4.31 Å². The average molecular weight is 517 g/mol. The summed E-state index contributed by atoms with van der Waals surface area (Å²) in [5, 5.41) is 0.743. The van der Waals surface area contributed by atoms with Gasteiger partial charge in [0.15, 0.2) is 6.10 Å². The van der Waals surface area contributed by atoms with Gasteiger partial charge in [0.2, 0.25) is 15.8 Å². The molecule has 1 atom stereocenters. The third-order valence-electron chi connectivity index (χ3n) is 6.71. The lowest BCUT2D eigenvalue weighted by Crippen LogP contribution is -2.31. The number of nitrogens with zero attached hydrogens (tertiary/aromatic N) is 1. The molecule has 0 spiro atoms. The lowest BCUT2D eigenvalue weighted by molar-refractivity contribution is 0.0280. The number of carbonyl (C=O) groups excluding carboxylic acids is 2. The maximum absolute atomic E-state index is 13.6. The van der Waals surface area contributed by atoms with E-state index in [4.69, 9.17) is 4.74 Å². The Morgan fingerprint density at radius 1 is 0.811 bits per heavy atom. The SMILES string of the molecule is O=C(O[C@@H](C(=O)c1c[nH]c2ccccc12)c1ccccc1)c1ccc(S(=O)(=O)N2CCCCCC2)cc1. The van der Waals surface area contributed by atoms with Crippen LogP contribution < -0.4 is 0 Å². The van der Waals surface area contributed by atoms with Gasteiger partial charge in [-0.3, -0.25) is 4.79 Å². The lowest BCUT2D eigenvalue weighted by atomic mass is 9.99. The Hall–Kier alpha value is -3.75. The van der Waals surface area contributed by atoms with Gasteiger partial charge in [-0.05, 0) is 43.2 Å². The van der Waals surface area contributed by atoms with E-state index in [0.717, 1.165) is 36.6 Å². The first-order chi connectivity index (χ1) is 17.9. The fourth-order valence-electron chi connectivity index (χ4n) is 4.69. The second kappa shape index (κ2) is 10.7. The Balaban J connectivity index is 1.39. The van der Waals surface area contributed by atoms with Gasteiger partial charge in [0.05, 0.1) is 10.5 Å². The van der Waals surface area contributed by atoms with Crippen LogP contribution in [0.1, 0.15) is 58.1 Å². The number of benzene rings is 3. The van der Waals surface area contributed by atoms with Crippen molar-refractivity contribution in [3.05, 3.63) is 102 Å². The number of ether oxygens (including phenoxy) is 1. The van der Waals surface area contributed by atoms with Crippen molar-refractivity contribution in [2.75, 3.05) is 13.1 Å². The molecule has 0 amide bonds. The first kappa shape index (κ1) is 24.9. The van der Waals surface area contributed by atoms with Gasteiger partial charge in [0.25, 0.3) is 0 Å². The van der Waals surface area contributed by atoms with E-state index in [-0.39, 0.29) is 16.2 Å². The molecule has 1 saturated heterocycles. The van der Waals surface area contributed by atoms with E-state index in [1.54, 1.807) is 30.5 Å². The minimum absolute atomic E-state index is 0.139. The van der Waals surface area contributed by atoms with Gasteiger partial charge in [-0.1, -0.05) is 61.4 Å². The predicted octanol–water partition coefficient (Wildman–Crippen LogP) is 5.51. The average Bonchev–Trinajstić information content (AvgIpc) is 3.16. The van der Waals surface area contributed by atoms with E-state index < -0.39 is 22.1 Å². The van der Waals surface area contributed by atoms with Crippen molar-refractivity contribution in [3.63, 3.8) is 0 Å². The molecule has 4 aromatic rings. The van der Waals surface area contributed by atoms with Gasteiger partial charge < -0.3 is 9.72 Å². The first-order valence-corrected chi connectivity index (χ1v) is 13.9. The number of nitrogens with one attached hydrogen (secondary N) is 1.